The minimum atomic E-state index is 0.0323. The van der Waals surface area contributed by atoms with Gasteiger partial charge in [-0.25, -0.2) is 0 Å². The molecule has 2 aromatic carbocycles. The van der Waals surface area contributed by atoms with E-state index in [0.717, 1.165) is 27.2 Å². The van der Waals surface area contributed by atoms with Crippen LogP contribution in [0.1, 0.15) is 30.9 Å². The van der Waals surface area contributed by atoms with Gasteiger partial charge in [0.15, 0.2) is 0 Å². The molecule has 134 valence electrons. The standard InChI is InChI=1S/C20H24BrNO2S/c1-14(2)18-6-4-5-15(3)20(18)22-19(23)13-25-12-11-24-17-9-7-16(21)8-10-17/h4-10,14H,11-13H2,1-3H3,(H,22,23). The first-order chi connectivity index (χ1) is 12.0. The Hall–Kier alpha value is -1.46. The number of carbonyl (C=O) groups excluding carboxylic acids is 1. The van der Waals surface area contributed by atoms with E-state index >= 15 is 0 Å². The van der Waals surface area contributed by atoms with Crippen molar-refractivity contribution in [1.82, 2.24) is 0 Å². The van der Waals surface area contributed by atoms with Crippen molar-refractivity contribution in [1.29, 1.82) is 0 Å². The highest BCUT2D eigenvalue weighted by atomic mass is 79.9. The summed E-state index contributed by atoms with van der Waals surface area (Å²) in [7, 11) is 0. The number of aryl methyl sites for hydroxylation is 1. The van der Waals surface area contributed by atoms with Gasteiger partial charge < -0.3 is 10.1 Å². The molecule has 5 heteroatoms. The Bertz CT molecular complexity index is 701. The van der Waals surface area contributed by atoms with Crippen molar-refractivity contribution in [3.8, 4) is 5.75 Å². The highest BCUT2D eigenvalue weighted by Gasteiger charge is 2.11. The number of para-hydroxylation sites is 1. The number of hydrogen-bond acceptors (Lipinski definition) is 3. The second-order valence-corrected chi connectivity index (χ2v) is 8.12. The zero-order valence-corrected chi connectivity index (χ0v) is 17.2. The van der Waals surface area contributed by atoms with E-state index in [4.69, 9.17) is 4.74 Å². The van der Waals surface area contributed by atoms with Crippen LogP contribution in [-0.2, 0) is 4.79 Å². The van der Waals surface area contributed by atoms with Gasteiger partial charge in [0.1, 0.15) is 5.75 Å². The molecule has 0 aliphatic rings. The summed E-state index contributed by atoms with van der Waals surface area (Å²) >= 11 is 4.97. The minimum Gasteiger partial charge on any atom is -0.493 e. The van der Waals surface area contributed by atoms with E-state index in [1.807, 2.05) is 43.3 Å². The normalized spacial score (nSPS) is 10.8. The molecule has 0 bridgehead atoms. The summed E-state index contributed by atoms with van der Waals surface area (Å²) in [5.74, 6) is 2.45. The predicted octanol–water partition coefficient (Wildman–Crippen LogP) is 5.63. The van der Waals surface area contributed by atoms with Crippen LogP contribution in [0.2, 0.25) is 0 Å². The van der Waals surface area contributed by atoms with Crippen LogP contribution in [0.25, 0.3) is 0 Å². The third kappa shape index (κ3) is 6.40. The van der Waals surface area contributed by atoms with Crippen LogP contribution in [0.15, 0.2) is 46.9 Å². The van der Waals surface area contributed by atoms with Crippen molar-refractivity contribution >= 4 is 39.3 Å². The minimum absolute atomic E-state index is 0.0323. The number of ether oxygens (including phenoxy) is 1. The Morgan fingerprint density at radius 3 is 2.60 bits per heavy atom. The molecule has 3 nitrogen and oxygen atoms in total. The van der Waals surface area contributed by atoms with E-state index in [9.17, 15) is 4.79 Å². The maximum atomic E-state index is 12.2. The quantitative estimate of drug-likeness (QED) is 0.561. The van der Waals surface area contributed by atoms with Crippen LogP contribution >= 0.6 is 27.7 Å². The van der Waals surface area contributed by atoms with E-state index in [1.165, 1.54) is 5.56 Å². The average molecular weight is 422 g/mol. The Labute approximate surface area is 162 Å². The van der Waals surface area contributed by atoms with Crippen LogP contribution in [0, 0.1) is 6.92 Å². The maximum Gasteiger partial charge on any atom is 0.234 e. The summed E-state index contributed by atoms with van der Waals surface area (Å²) in [5.41, 5.74) is 3.23. The lowest BCUT2D eigenvalue weighted by atomic mass is 9.98. The van der Waals surface area contributed by atoms with Crippen molar-refractivity contribution in [2.45, 2.75) is 26.7 Å². The van der Waals surface area contributed by atoms with Gasteiger partial charge >= 0.3 is 0 Å². The van der Waals surface area contributed by atoms with Gasteiger partial charge in [-0.2, -0.15) is 0 Å². The summed E-state index contributed by atoms with van der Waals surface area (Å²) < 4.78 is 6.69. The van der Waals surface area contributed by atoms with Crippen molar-refractivity contribution < 1.29 is 9.53 Å². The lowest BCUT2D eigenvalue weighted by molar-refractivity contribution is -0.113. The van der Waals surface area contributed by atoms with Crippen LogP contribution < -0.4 is 10.1 Å². The topological polar surface area (TPSA) is 38.3 Å². The molecule has 0 atom stereocenters. The van der Waals surface area contributed by atoms with Gasteiger partial charge in [-0.15, -0.1) is 11.8 Å². The van der Waals surface area contributed by atoms with Gasteiger partial charge in [-0.05, 0) is 48.2 Å². The molecule has 0 fully saturated rings. The lowest BCUT2D eigenvalue weighted by Gasteiger charge is -2.16. The number of carbonyl (C=O) groups is 1. The third-order valence-electron chi connectivity index (χ3n) is 3.73. The summed E-state index contributed by atoms with van der Waals surface area (Å²) in [4.78, 5) is 12.2. The Kier molecular flexibility index (Phi) is 7.85. The van der Waals surface area contributed by atoms with Crippen LogP contribution in [0.3, 0.4) is 0 Å². The van der Waals surface area contributed by atoms with Crippen LogP contribution in [0.4, 0.5) is 5.69 Å². The van der Waals surface area contributed by atoms with Crippen LogP contribution in [0.5, 0.6) is 5.75 Å². The highest BCUT2D eigenvalue weighted by molar-refractivity contribution is 9.10. The largest absolute Gasteiger partial charge is 0.493 e. The number of anilines is 1. The van der Waals surface area contributed by atoms with Gasteiger partial charge in [0, 0.05) is 15.9 Å². The molecular weight excluding hydrogens is 398 g/mol. The molecule has 2 aromatic rings. The van der Waals surface area contributed by atoms with Gasteiger partial charge in [0.2, 0.25) is 5.91 Å². The summed E-state index contributed by atoms with van der Waals surface area (Å²) in [5, 5.41) is 3.07. The van der Waals surface area contributed by atoms with E-state index in [0.29, 0.717) is 18.3 Å². The molecule has 0 saturated heterocycles. The zero-order chi connectivity index (χ0) is 18.2. The van der Waals surface area contributed by atoms with Crippen molar-refractivity contribution in [3.63, 3.8) is 0 Å². The fourth-order valence-electron chi connectivity index (χ4n) is 2.43. The third-order valence-corrected chi connectivity index (χ3v) is 5.18. The molecule has 2 rings (SSSR count). The number of rotatable bonds is 8. The van der Waals surface area contributed by atoms with Crippen molar-refractivity contribution in [2.24, 2.45) is 0 Å². The predicted molar refractivity (Wildman–Crippen MR) is 111 cm³/mol. The Morgan fingerprint density at radius 2 is 1.92 bits per heavy atom. The molecule has 0 aliphatic carbocycles. The first-order valence-electron chi connectivity index (χ1n) is 8.33. The summed E-state index contributed by atoms with van der Waals surface area (Å²) in [6, 6.07) is 13.9. The summed E-state index contributed by atoms with van der Waals surface area (Å²) in [6.45, 7) is 6.89. The Morgan fingerprint density at radius 1 is 1.20 bits per heavy atom. The highest BCUT2D eigenvalue weighted by Crippen LogP contribution is 2.27. The molecule has 1 amide bonds. The number of amides is 1. The molecular formula is C20H24BrNO2S. The van der Waals surface area contributed by atoms with Crippen molar-refractivity contribution in [3.05, 3.63) is 58.1 Å². The number of nitrogens with one attached hydrogen (secondary N) is 1. The number of thioether (sulfide) groups is 1. The van der Waals surface area contributed by atoms with Crippen molar-refractivity contribution in [2.75, 3.05) is 23.4 Å². The monoisotopic (exact) mass is 421 g/mol. The first kappa shape index (κ1) is 19.9. The zero-order valence-electron chi connectivity index (χ0n) is 14.8. The molecule has 0 radical (unpaired) electrons. The fraction of sp³-hybridized carbons (Fsp3) is 0.350. The van der Waals surface area contributed by atoms with E-state index in [-0.39, 0.29) is 5.91 Å². The average Bonchev–Trinajstić information content (AvgIpc) is 2.58. The van der Waals surface area contributed by atoms with Gasteiger partial charge in [-0.3, -0.25) is 4.79 Å². The lowest BCUT2D eigenvalue weighted by Crippen LogP contribution is -2.17. The molecule has 0 heterocycles. The number of benzene rings is 2. The smallest absolute Gasteiger partial charge is 0.234 e. The van der Waals surface area contributed by atoms with E-state index in [2.05, 4.69) is 41.2 Å². The number of halogens is 1. The molecule has 0 aliphatic heterocycles. The summed E-state index contributed by atoms with van der Waals surface area (Å²) in [6.07, 6.45) is 0. The maximum absolute atomic E-state index is 12.2. The molecule has 0 spiro atoms. The molecule has 25 heavy (non-hydrogen) atoms. The van der Waals surface area contributed by atoms with E-state index in [1.54, 1.807) is 11.8 Å². The second kappa shape index (κ2) is 9.88. The van der Waals surface area contributed by atoms with Crippen LogP contribution in [-0.4, -0.2) is 24.0 Å². The molecule has 0 saturated carbocycles. The van der Waals surface area contributed by atoms with E-state index < -0.39 is 0 Å². The SMILES string of the molecule is Cc1cccc(C(C)C)c1NC(=O)CSCCOc1ccc(Br)cc1. The van der Waals surface area contributed by atoms with Gasteiger partial charge in [0.05, 0.1) is 12.4 Å². The first-order valence-corrected chi connectivity index (χ1v) is 10.3. The van der Waals surface area contributed by atoms with Gasteiger partial charge in [-0.1, -0.05) is 48.0 Å². The number of hydrogen-bond donors (Lipinski definition) is 1. The Balaban J connectivity index is 1.75. The second-order valence-electron chi connectivity index (χ2n) is 6.10. The van der Waals surface area contributed by atoms with Gasteiger partial charge in [0.25, 0.3) is 0 Å². The molecule has 1 N–H and O–H groups in total. The molecule has 0 unspecified atom stereocenters. The molecule has 0 aromatic heterocycles. The fourth-order valence-corrected chi connectivity index (χ4v) is 3.30.